The minimum atomic E-state index is 0.877. The summed E-state index contributed by atoms with van der Waals surface area (Å²) >= 11 is 1.65. The van der Waals surface area contributed by atoms with Crippen molar-refractivity contribution in [1.82, 2.24) is 19.9 Å². The highest BCUT2D eigenvalue weighted by Crippen LogP contribution is 2.32. The van der Waals surface area contributed by atoms with Crippen LogP contribution in [0.1, 0.15) is 0 Å². The summed E-state index contributed by atoms with van der Waals surface area (Å²) in [6.07, 6.45) is 7.14. The molecule has 0 aliphatic rings. The number of thiophene rings is 1. The Hall–Kier alpha value is -1.88. The van der Waals surface area contributed by atoms with Gasteiger partial charge in [-0.3, -0.25) is 0 Å². The molecule has 0 saturated heterocycles. The molecule has 0 fully saturated rings. The van der Waals surface area contributed by atoms with E-state index in [-0.39, 0.29) is 0 Å². The molecule has 3 rings (SSSR count). The highest BCUT2D eigenvalue weighted by atomic mass is 32.1. The molecule has 0 aliphatic carbocycles. The van der Waals surface area contributed by atoms with Crippen LogP contribution in [0.2, 0.25) is 0 Å². The molecule has 3 aromatic rings. The van der Waals surface area contributed by atoms with E-state index in [2.05, 4.69) is 19.9 Å². The zero-order valence-corrected chi connectivity index (χ0v) is 8.58. The summed E-state index contributed by atoms with van der Waals surface area (Å²) in [5.41, 5.74) is 1.08. The molecule has 3 heterocycles. The molecular weight excluding hydrogens is 208 g/mol. The number of rotatable bonds is 2. The average Bonchev–Trinajstić information content (AvgIpc) is 3.01. The van der Waals surface area contributed by atoms with Crippen LogP contribution in [0, 0.1) is 0 Å². The second kappa shape index (κ2) is 3.36. The molecule has 2 N–H and O–H groups in total. The van der Waals surface area contributed by atoms with E-state index in [0.29, 0.717) is 0 Å². The van der Waals surface area contributed by atoms with Crippen molar-refractivity contribution >= 4 is 11.3 Å². The molecule has 0 amide bonds. The summed E-state index contributed by atoms with van der Waals surface area (Å²) in [7, 11) is 0. The molecule has 3 aromatic heterocycles. The van der Waals surface area contributed by atoms with Crippen LogP contribution in [0.3, 0.4) is 0 Å². The van der Waals surface area contributed by atoms with E-state index in [9.17, 15) is 0 Å². The predicted octanol–water partition coefficient (Wildman–Crippen LogP) is 2.53. The van der Waals surface area contributed by atoms with Crippen molar-refractivity contribution in [2.24, 2.45) is 0 Å². The molecular formula is C10H8N4S. The van der Waals surface area contributed by atoms with Crippen molar-refractivity contribution in [2.45, 2.75) is 0 Å². The van der Waals surface area contributed by atoms with Gasteiger partial charge in [-0.1, -0.05) is 0 Å². The summed E-state index contributed by atoms with van der Waals surface area (Å²) in [5.74, 6) is 1.76. The molecule has 74 valence electrons. The zero-order valence-electron chi connectivity index (χ0n) is 7.77. The second-order valence-electron chi connectivity index (χ2n) is 3.04. The molecule has 0 bridgehead atoms. The van der Waals surface area contributed by atoms with Gasteiger partial charge in [0.1, 0.15) is 11.6 Å². The van der Waals surface area contributed by atoms with Gasteiger partial charge in [0.25, 0.3) is 0 Å². The fourth-order valence-electron chi connectivity index (χ4n) is 1.48. The molecule has 4 nitrogen and oxygen atoms in total. The van der Waals surface area contributed by atoms with E-state index in [0.717, 1.165) is 22.1 Å². The number of imidazole rings is 2. The minimum Gasteiger partial charge on any atom is -0.345 e. The van der Waals surface area contributed by atoms with Gasteiger partial charge in [-0.15, -0.1) is 11.3 Å². The Morgan fingerprint density at radius 1 is 1.00 bits per heavy atom. The third kappa shape index (κ3) is 1.37. The van der Waals surface area contributed by atoms with Crippen LogP contribution in [0.5, 0.6) is 0 Å². The van der Waals surface area contributed by atoms with Crippen LogP contribution in [-0.4, -0.2) is 19.9 Å². The Morgan fingerprint density at radius 3 is 2.40 bits per heavy atom. The minimum absolute atomic E-state index is 0.877. The number of aromatic amines is 2. The molecule has 0 saturated carbocycles. The number of hydrogen-bond donors (Lipinski definition) is 2. The van der Waals surface area contributed by atoms with Crippen LogP contribution in [-0.2, 0) is 0 Å². The zero-order chi connectivity index (χ0) is 10.1. The van der Waals surface area contributed by atoms with Crippen molar-refractivity contribution in [2.75, 3.05) is 0 Å². The second-order valence-corrected chi connectivity index (χ2v) is 3.96. The average molecular weight is 216 g/mol. The van der Waals surface area contributed by atoms with E-state index in [1.807, 2.05) is 23.8 Å². The van der Waals surface area contributed by atoms with Gasteiger partial charge in [0, 0.05) is 30.4 Å². The molecule has 0 spiro atoms. The molecule has 0 atom stereocenters. The topological polar surface area (TPSA) is 57.4 Å². The third-order valence-corrected chi connectivity index (χ3v) is 3.05. The first-order valence-corrected chi connectivity index (χ1v) is 5.40. The van der Waals surface area contributed by atoms with Gasteiger partial charge in [-0.25, -0.2) is 9.97 Å². The van der Waals surface area contributed by atoms with Crippen molar-refractivity contribution in [3.8, 4) is 22.1 Å². The SMILES string of the molecule is c1c[nH]c(-c2ccsc2-c2ncc[nH]2)n1. The van der Waals surface area contributed by atoms with Crippen LogP contribution >= 0.6 is 11.3 Å². The standard InChI is InChI=1S/C10H8N4S/c1-6-15-8(10-13-4-5-14-10)7(1)9-11-2-3-12-9/h1-6H,(H,11,12)(H,13,14). The lowest BCUT2D eigenvalue weighted by atomic mass is 10.2. The lowest BCUT2D eigenvalue weighted by Crippen LogP contribution is -1.82. The smallest absolute Gasteiger partial charge is 0.148 e. The van der Waals surface area contributed by atoms with Gasteiger partial charge in [-0.2, -0.15) is 0 Å². The predicted molar refractivity (Wildman–Crippen MR) is 59.5 cm³/mol. The maximum Gasteiger partial charge on any atom is 0.148 e. The number of nitrogens with one attached hydrogen (secondary N) is 2. The number of nitrogens with zero attached hydrogens (tertiary/aromatic N) is 2. The molecule has 0 aromatic carbocycles. The fraction of sp³-hybridized carbons (Fsp3) is 0. The van der Waals surface area contributed by atoms with E-state index in [4.69, 9.17) is 0 Å². The van der Waals surface area contributed by atoms with E-state index >= 15 is 0 Å². The van der Waals surface area contributed by atoms with Crippen molar-refractivity contribution in [3.05, 3.63) is 36.2 Å². The Morgan fingerprint density at radius 2 is 1.73 bits per heavy atom. The van der Waals surface area contributed by atoms with Gasteiger partial charge >= 0.3 is 0 Å². The first-order valence-electron chi connectivity index (χ1n) is 4.52. The highest BCUT2D eigenvalue weighted by molar-refractivity contribution is 7.14. The summed E-state index contributed by atoms with van der Waals surface area (Å²) in [5, 5.41) is 2.04. The lowest BCUT2D eigenvalue weighted by Gasteiger charge is -1.96. The molecule has 15 heavy (non-hydrogen) atoms. The Bertz CT molecular complexity index is 487. The van der Waals surface area contributed by atoms with Crippen LogP contribution < -0.4 is 0 Å². The summed E-state index contributed by atoms with van der Waals surface area (Å²) in [6.45, 7) is 0. The summed E-state index contributed by atoms with van der Waals surface area (Å²) in [6, 6.07) is 2.04. The molecule has 0 radical (unpaired) electrons. The van der Waals surface area contributed by atoms with Crippen LogP contribution in [0.15, 0.2) is 36.2 Å². The van der Waals surface area contributed by atoms with Gasteiger partial charge in [-0.05, 0) is 11.4 Å². The Kier molecular flexibility index (Phi) is 1.89. The molecule has 5 heteroatoms. The van der Waals surface area contributed by atoms with Crippen LogP contribution in [0.4, 0.5) is 0 Å². The monoisotopic (exact) mass is 216 g/mol. The van der Waals surface area contributed by atoms with Gasteiger partial charge in [0.15, 0.2) is 0 Å². The van der Waals surface area contributed by atoms with Crippen molar-refractivity contribution in [1.29, 1.82) is 0 Å². The summed E-state index contributed by atoms with van der Waals surface area (Å²) < 4.78 is 0. The first kappa shape index (κ1) is 8.43. The van der Waals surface area contributed by atoms with Gasteiger partial charge in [0.05, 0.1) is 4.88 Å². The third-order valence-electron chi connectivity index (χ3n) is 2.13. The first-order chi connectivity index (χ1) is 7.45. The highest BCUT2D eigenvalue weighted by Gasteiger charge is 2.11. The maximum atomic E-state index is 4.24. The van der Waals surface area contributed by atoms with Gasteiger partial charge < -0.3 is 9.97 Å². The van der Waals surface area contributed by atoms with E-state index < -0.39 is 0 Å². The number of aromatic nitrogens is 4. The lowest BCUT2D eigenvalue weighted by molar-refractivity contribution is 1.29. The normalized spacial score (nSPS) is 10.7. The Labute approximate surface area is 90.0 Å². The fourth-order valence-corrected chi connectivity index (χ4v) is 2.34. The number of H-pyrrole nitrogens is 2. The maximum absolute atomic E-state index is 4.24. The van der Waals surface area contributed by atoms with Crippen LogP contribution in [0.25, 0.3) is 22.1 Å². The van der Waals surface area contributed by atoms with E-state index in [1.165, 1.54) is 0 Å². The van der Waals surface area contributed by atoms with Crippen molar-refractivity contribution < 1.29 is 0 Å². The van der Waals surface area contributed by atoms with Crippen molar-refractivity contribution in [3.63, 3.8) is 0 Å². The van der Waals surface area contributed by atoms with Gasteiger partial charge in [0.2, 0.25) is 0 Å². The Balaban J connectivity index is 2.15. The molecule has 0 unspecified atom stereocenters. The summed E-state index contributed by atoms with van der Waals surface area (Å²) in [4.78, 5) is 15.8. The number of hydrogen-bond acceptors (Lipinski definition) is 3. The largest absolute Gasteiger partial charge is 0.345 e. The molecule has 0 aliphatic heterocycles. The van der Waals surface area contributed by atoms with E-state index in [1.54, 1.807) is 23.7 Å². The quantitative estimate of drug-likeness (QED) is 0.691.